The molecular weight excluding hydrogens is 198 g/mol. The Kier molecular flexibility index (Phi) is 2.37. The first-order chi connectivity index (χ1) is 6.75. The predicted molar refractivity (Wildman–Crippen MR) is 55.8 cm³/mol. The average molecular weight is 207 g/mol. The third-order valence-corrected chi connectivity index (χ3v) is 2.63. The number of hydrogen-bond donors (Lipinski definition) is 1. The summed E-state index contributed by atoms with van der Waals surface area (Å²) in [5.74, 6) is 0.242. The fourth-order valence-electron chi connectivity index (χ4n) is 1.21. The van der Waals surface area contributed by atoms with Gasteiger partial charge in [0.05, 0.1) is 6.54 Å². The second-order valence-electron chi connectivity index (χ2n) is 2.96. The van der Waals surface area contributed by atoms with Gasteiger partial charge in [0, 0.05) is 11.6 Å². The molecule has 14 heavy (non-hydrogen) atoms. The third kappa shape index (κ3) is 1.85. The highest BCUT2D eigenvalue weighted by molar-refractivity contribution is 7.07. The molecule has 1 aromatic carbocycles. The van der Waals surface area contributed by atoms with Crippen molar-refractivity contribution in [2.75, 3.05) is 0 Å². The van der Waals surface area contributed by atoms with Crippen LogP contribution in [0.15, 0.2) is 40.6 Å². The third-order valence-electron chi connectivity index (χ3n) is 1.93. The summed E-state index contributed by atoms with van der Waals surface area (Å²) in [7, 11) is 0. The minimum absolute atomic E-state index is 0.0399. The van der Waals surface area contributed by atoms with Gasteiger partial charge in [0.15, 0.2) is 0 Å². The van der Waals surface area contributed by atoms with Crippen LogP contribution in [-0.2, 0) is 6.54 Å². The summed E-state index contributed by atoms with van der Waals surface area (Å²) in [5, 5.41) is 10.8. The number of aromatic nitrogens is 1. The molecule has 1 N–H and O–H groups in total. The molecule has 0 aliphatic carbocycles. The van der Waals surface area contributed by atoms with E-state index in [1.54, 1.807) is 40.4 Å². The molecule has 2 aromatic rings. The number of nitrogens with zero attached hydrogens (tertiary/aromatic N) is 1. The number of hydrogen-bond acceptors (Lipinski definition) is 3. The Bertz CT molecular complexity index is 469. The summed E-state index contributed by atoms with van der Waals surface area (Å²) in [6.45, 7) is 0.558. The molecule has 72 valence electrons. The van der Waals surface area contributed by atoms with Gasteiger partial charge in [-0.15, -0.1) is 0 Å². The van der Waals surface area contributed by atoms with Crippen molar-refractivity contribution in [3.63, 3.8) is 0 Å². The van der Waals surface area contributed by atoms with E-state index in [2.05, 4.69) is 0 Å². The molecule has 0 atom stereocenters. The Balaban J connectivity index is 2.23. The SMILES string of the molecule is O=c1sccn1Cc1ccc(O)cc1. The number of phenolic OH excluding ortho intramolecular Hbond substituents is 1. The van der Waals surface area contributed by atoms with E-state index in [1.165, 1.54) is 11.3 Å². The van der Waals surface area contributed by atoms with Crippen molar-refractivity contribution in [2.24, 2.45) is 0 Å². The van der Waals surface area contributed by atoms with Crippen LogP contribution in [0.25, 0.3) is 0 Å². The van der Waals surface area contributed by atoms with Crippen molar-refractivity contribution >= 4 is 11.3 Å². The molecule has 0 unspecified atom stereocenters. The fraction of sp³-hybridized carbons (Fsp3) is 0.100. The van der Waals surface area contributed by atoms with Crippen molar-refractivity contribution in [3.05, 3.63) is 51.1 Å². The molecule has 0 fully saturated rings. The van der Waals surface area contributed by atoms with Gasteiger partial charge in [0.1, 0.15) is 5.75 Å². The van der Waals surface area contributed by atoms with E-state index in [-0.39, 0.29) is 10.6 Å². The lowest BCUT2D eigenvalue weighted by Gasteiger charge is -2.01. The van der Waals surface area contributed by atoms with Crippen molar-refractivity contribution in [3.8, 4) is 5.75 Å². The van der Waals surface area contributed by atoms with Crippen LogP contribution < -0.4 is 4.87 Å². The first-order valence-electron chi connectivity index (χ1n) is 4.17. The molecule has 4 heteroatoms. The molecule has 0 amide bonds. The van der Waals surface area contributed by atoms with Crippen LogP contribution in [0.3, 0.4) is 0 Å². The van der Waals surface area contributed by atoms with E-state index in [0.717, 1.165) is 5.56 Å². The van der Waals surface area contributed by atoms with Crippen LogP contribution in [0.4, 0.5) is 0 Å². The zero-order chi connectivity index (χ0) is 9.97. The number of benzene rings is 1. The molecule has 0 bridgehead atoms. The van der Waals surface area contributed by atoms with Crippen molar-refractivity contribution in [2.45, 2.75) is 6.54 Å². The molecular formula is C10H9NO2S. The number of phenols is 1. The van der Waals surface area contributed by atoms with Crippen LogP contribution in [0, 0.1) is 0 Å². The minimum Gasteiger partial charge on any atom is -0.508 e. The molecule has 0 radical (unpaired) electrons. The zero-order valence-corrected chi connectivity index (χ0v) is 8.20. The van der Waals surface area contributed by atoms with E-state index in [4.69, 9.17) is 5.11 Å². The van der Waals surface area contributed by atoms with E-state index >= 15 is 0 Å². The van der Waals surface area contributed by atoms with Gasteiger partial charge in [-0.3, -0.25) is 4.79 Å². The molecule has 1 heterocycles. The highest BCUT2D eigenvalue weighted by Gasteiger charge is 1.98. The first kappa shape index (κ1) is 9.02. The van der Waals surface area contributed by atoms with Gasteiger partial charge in [-0.1, -0.05) is 23.5 Å². The lowest BCUT2D eigenvalue weighted by atomic mass is 10.2. The van der Waals surface area contributed by atoms with E-state index < -0.39 is 0 Å². The second kappa shape index (κ2) is 3.67. The molecule has 1 aromatic heterocycles. The van der Waals surface area contributed by atoms with Gasteiger partial charge in [-0.2, -0.15) is 0 Å². The summed E-state index contributed by atoms with van der Waals surface area (Å²) in [6, 6.07) is 6.85. The summed E-state index contributed by atoms with van der Waals surface area (Å²) < 4.78 is 1.64. The molecule has 0 aliphatic heterocycles. The Hall–Kier alpha value is -1.55. The van der Waals surface area contributed by atoms with Crippen molar-refractivity contribution in [1.29, 1.82) is 0 Å². The first-order valence-corrected chi connectivity index (χ1v) is 5.05. The molecule has 0 aliphatic rings. The summed E-state index contributed by atoms with van der Waals surface area (Å²) in [6.07, 6.45) is 1.76. The topological polar surface area (TPSA) is 42.2 Å². The van der Waals surface area contributed by atoms with Gasteiger partial charge in [-0.05, 0) is 17.7 Å². The van der Waals surface area contributed by atoms with Gasteiger partial charge < -0.3 is 9.67 Å². The van der Waals surface area contributed by atoms with Gasteiger partial charge in [-0.25, -0.2) is 0 Å². The Morgan fingerprint density at radius 2 is 2.00 bits per heavy atom. The molecule has 3 nitrogen and oxygen atoms in total. The molecule has 2 rings (SSSR count). The van der Waals surface area contributed by atoms with Gasteiger partial charge in [0.2, 0.25) is 0 Å². The van der Waals surface area contributed by atoms with Gasteiger partial charge in [0.25, 0.3) is 0 Å². The second-order valence-corrected chi connectivity index (χ2v) is 3.82. The molecule has 0 saturated heterocycles. The quantitative estimate of drug-likeness (QED) is 0.813. The highest BCUT2D eigenvalue weighted by atomic mass is 32.1. The van der Waals surface area contributed by atoms with Crippen LogP contribution in [0.2, 0.25) is 0 Å². The van der Waals surface area contributed by atoms with E-state index in [9.17, 15) is 4.79 Å². The number of aromatic hydroxyl groups is 1. The summed E-state index contributed by atoms with van der Waals surface area (Å²) in [4.78, 5) is 11.3. The maximum absolute atomic E-state index is 11.2. The maximum Gasteiger partial charge on any atom is 0.307 e. The van der Waals surface area contributed by atoms with Crippen LogP contribution in [0.1, 0.15) is 5.56 Å². The molecule has 0 saturated carbocycles. The average Bonchev–Trinajstić information content (AvgIpc) is 2.56. The van der Waals surface area contributed by atoms with Crippen LogP contribution in [-0.4, -0.2) is 9.67 Å². The number of rotatable bonds is 2. The normalized spacial score (nSPS) is 10.3. The lowest BCUT2D eigenvalue weighted by molar-refractivity contribution is 0.475. The molecule has 0 spiro atoms. The smallest absolute Gasteiger partial charge is 0.307 e. The summed E-state index contributed by atoms with van der Waals surface area (Å²) >= 11 is 1.18. The largest absolute Gasteiger partial charge is 0.508 e. The van der Waals surface area contributed by atoms with Gasteiger partial charge >= 0.3 is 4.87 Å². The minimum atomic E-state index is 0.0399. The monoisotopic (exact) mass is 207 g/mol. The lowest BCUT2D eigenvalue weighted by Crippen LogP contribution is -2.12. The van der Waals surface area contributed by atoms with Crippen LogP contribution >= 0.6 is 11.3 Å². The van der Waals surface area contributed by atoms with Crippen LogP contribution in [0.5, 0.6) is 5.75 Å². The van der Waals surface area contributed by atoms with Crippen molar-refractivity contribution in [1.82, 2.24) is 4.57 Å². The van der Waals surface area contributed by atoms with E-state index in [0.29, 0.717) is 6.54 Å². The Labute approximate surface area is 84.9 Å². The van der Waals surface area contributed by atoms with E-state index in [1.807, 2.05) is 0 Å². The Morgan fingerprint density at radius 1 is 1.29 bits per heavy atom. The maximum atomic E-state index is 11.2. The highest BCUT2D eigenvalue weighted by Crippen LogP contribution is 2.10. The Morgan fingerprint density at radius 3 is 2.57 bits per heavy atom. The fourth-order valence-corrected chi connectivity index (χ4v) is 1.79. The predicted octanol–water partition coefficient (Wildman–Crippen LogP) is 1.66. The standard InChI is InChI=1S/C10H9NO2S/c12-9-3-1-8(2-4-9)7-11-5-6-14-10(11)13/h1-6,12H,7H2. The summed E-state index contributed by atoms with van der Waals surface area (Å²) in [5.41, 5.74) is 1.00. The zero-order valence-electron chi connectivity index (χ0n) is 7.38. The number of thiazole rings is 1. The van der Waals surface area contributed by atoms with Crippen molar-refractivity contribution < 1.29 is 5.11 Å².